The molecule has 4 aromatic rings. The highest BCUT2D eigenvalue weighted by molar-refractivity contribution is 6.31. The Balaban J connectivity index is 1.61. The van der Waals surface area contributed by atoms with Gasteiger partial charge in [-0.1, -0.05) is 35.9 Å². The van der Waals surface area contributed by atoms with Crippen LogP contribution in [0, 0.1) is 12.7 Å². The molecule has 12 heteroatoms. The van der Waals surface area contributed by atoms with E-state index in [2.05, 4.69) is 15.4 Å². The van der Waals surface area contributed by atoms with E-state index in [1.54, 1.807) is 32.2 Å². The highest BCUT2D eigenvalue weighted by Gasteiger charge is 2.47. The van der Waals surface area contributed by atoms with Crippen LogP contribution in [0.5, 0.6) is 0 Å². The van der Waals surface area contributed by atoms with Crippen molar-refractivity contribution in [3.63, 3.8) is 0 Å². The highest BCUT2D eigenvalue weighted by atomic mass is 35.5. The summed E-state index contributed by atoms with van der Waals surface area (Å²) < 4.78 is 56.8. The Morgan fingerprint density at radius 3 is 2.43 bits per heavy atom. The Morgan fingerprint density at radius 1 is 1.16 bits per heavy atom. The Labute approximate surface area is 212 Å². The highest BCUT2D eigenvalue weighted by Crippen LogP contribution is 2.36. The fourth-order valence-corrected chi connectivity index (χ4v) is 4.85. The van der Waals surface area contributed by atoms with Crippen LogP contribution in [0.15, 0.2) is 53.5 Å². The topological polar surface area (TPSA) is 82.5 Å². The van der Waals surface area contributed by atoms with E-state index in [-0.39, 0.29) is 18.8 Å². The molecule has 1 amide bonds. The smallest absolute Gasteiger partial charge is 0.338 e. The number of benzene rings is 2. The lowest BCUT2D eigenvalue weighted by atomic mass is 9.82. The second kappa shape index (κ2) is 8.70. The van der Waals surface area contributed by atoms with Crippen LogP contribution in [0.3, 0.4) is 0 Å². The summed E-state index contributed by atoms with van der Waals surface area (Å²) in [5, 5.41) is 6.96. The molecule has 1 fully saturated rings. The molecule has 0 radical (unpaired) electrons. The molecule has 0 saturated carbocycles. The zero-order chi connectivity index (χ0) is 26.7. The van der Waals surface area contributed by atoms with Crippen LogP contribution >= 0.6 is 11.6 Å². The molecule has 0 unspecified atom stereocenters. The fourth-order valence-electron chi connectivity index (χ4n) is 4.67. The molecular formula is C25H20ClF4N5O2. The maximum Gasteiger partial charge on any atom is 0.421 e. The fraction of sp³-hybridized carbons (Fsp3) is 0.240. The van der Waals surface area contributed by atoms with E-state index in [0.717, 1.165) is 10.1 Å². The molecule has 5 rings (SSSR count). The molecule has 1 aliphatic rings. The van der Waals surface area contributed by atoms with Crippen molar-refractivity contribution in [2.75, 3.05) is 20.1 Å². The van der Waals surface area contributed by atoms with Gasteiger partial charge in [0.15, 0.2) is 5.69 Å². The van der Waals surface area contributed by atoms with Crippen LogP contribution in [-0.2, 0) is 11.7 Å². The van der Waals surface area contributed by atoms with Gasteiger partial charge in [0.2, 0.25) is 0 Å². The van der Waals surface area contributed by atoms with E-state index in [1.807, 2.05) is 4.90 Å². The van der Waals surface area contributed by atoms with E-state index in [0.29, 0.717) is 16.1 Å². The van der Waals surface area contributed by atoms with Gasteiger partial charge in [-0.3, -0.25) is 9.59 Å². The molecule has 2 aromatic heterocycles. The number of fused-ring (bicyclic) bond motifs is 1. The number of hydrogen-bond donors (Lipinski definition) is 2. The maximum absolute atomic E-state index is 14.2. The van der Waals surface area contributed by atoms with Crippen molar-refractivity contribution in [1.82, 2.24) is 24.8 Å². The first-order valence-electron chi connectivity index (χ1n) is 11.1. The third-order valence-electron chi connectivity index (χ3n) is 6.44. The maximum atomic E-state index is 14.2. The molecule has 1 saturated heterocycles. The van der Waals surface area contributed by atoms with E-state index >= 15 is 0 Å². The minimum absolute atomic E-state index is 0.172. The van der Waals surface area contributed by atoms with Gasteiger partial charge in [-0.05, 0) is 43.3 Å². The van der Waals surface area contributed by atoms with Crippen LogP contribution in [0.1, 0.15) is 27.2 Å². The molecule has 2 aromatic carbocycles. The van der Waals surface area contributed by atoms with Crippen molar-refractivity contribution in [3.8, 4) is 11.3 Å². The summed E-state index contributed by atoms with van der Waals surface area (Å²) in [4.78, 5) is 30.4. The van der Waals surface area contributed by atoms with Crippen LogP contribution < -0.4 is 10.9 Å². The molecule has 0 aliphatic carbocycles. The van der Waals surface area contributed by atoms with Gasteiger partial charge in [-0.15, -0.1) is 0 Å². The molecule has 37 heavy (non-hydrogen) atoms. The minimum Gasteiger partial charge on any atom is -0.338 e. The van der Waals surface area contributed by atoms with Crippen LogP contribution in [0.25, 0.3) is 16.8 Å². The molecule has 192 valence electrons. The van der Waals surface area contributed by atoms with Gasteiger partial charge in [-0.25, -0.2) is 8.91 Å². The number of aromatic nitrogens is 3. The van der Waals surface area contributed by atoms with Crippen molar-refractivity contribution in [2.24, 2.45) is 0 Å². The number of nitrogens with zero attached hydrogens (tertiary/aromatic N) is 3. The largest absolute Gasteiger partial charge is 0.421 e. The van der Waals surface area contributed by atoms with Crippen molar-refractivity contribution in [2.45, 2.75) is 18.6 Å². The third-order valence-corrected chi connectivity index (χ3v) is 6.84. The Hall–Kier alpha value is -3.70. The number of carbonyl (C=O) groups is 1. The van der Waals surface area contributed by atoms with Gasteiger partial charge in [-0.2, -0.15) is 18.3 Å². The molecule has 2 N–H and O–H groups in total. The number of aryl methyl sites for hydroxylation is 1. The average Bonchev–Trinajstić information content (AvgIpc) is 3.21. The van der Waals surface area contributed by atoms with Crippen LogP contribution in [0.2, 0.25) is 5.02 Å². The lowest BCUT2D eigenvalue weighted by Gasteiger charge is -2.49. The van der Waals surface area contributed by atoms with E-state index in [9.17, 15) is 27.2 Å². The second-order valence-corrected chi connectivity index (χ2v) is 9.60. The number of nitrogens with one attached hydrogen (secondary N) is 2. The summed E-state index contributed by atoms with van der Waals surface area (Å²) in [5.74, 6) is -1.59. The number of carbonyl (C=O) groups excluding carboxylic acids is 1. The number of likely N-dealkylation sites (N-methyl/N-ethyl adjacent to an activating group) is 1. The number of likely N-dealkylation sites (tertiary alicyclic amines) is 1. The first-order valence-corrected chi connectivity index (χ1v) is 11.5. The summed E-state index contributed by atoms with van der Waals surface area (Å²) in [6.45, 7) is 2.36. The van der Waals surface area contributed by atoms with Crippen molar-refractivity contribution in [3.05, 3.63) is 92.2 Å². The quantitative estimate of drug-likeness (QED) is 0.382. The minimum atomic E-state index is -5.05. The molecule has 0 spiro atoms. The van der Waals surface area contributed by atoms with E-state index in [1.165, 1.54) is 30.5 Å². The lowest BCUT2D eigenvalue weighted by molar-refractivity contribution is -0.136. The van der Waals surface area contributed by atoms with E-state index in [4.69, 9.17) is 11.6 Å². The van der Waals surface area contributed by atoms with Gasteiger partial charge in [0.1, 0.15) is 16.9 Å². The summed E-state index contributed by atoms with van der Waals surface area (Å²) >= 11 is 6.16. The monoisotopic (exact) mass is 533 g/mol. The Bertz CT molecular complexity index is 1590. The lowest BCUT2D eigenvalue weighted by Crippen LogP contribution is -2.66. The molecule has 7 nitrogen and oxygen atoms in total. The van der Waals surface area contributed by atoms with Gasteiger partial charge in [0.25, 0.3) is 11.5 Å². The normalized spacial score (nSPS) is 15.5. The SMILES string of the molecule is Cc1ccc(-c2cn3nc(C(=O)NC4(c5ccc(F)cc5)CN(C)C4)c(C(F)(F)F)c3c(=O)[nH]2)cc1Cl. The van der Waals surface area contributed by atoms with Gasteiger partial charge in [0, 0.05) is 23.7 Å². The number of hydrogen-bond acceptors (Lipinski definition) is 4. The van der Waals surface area contributed by atoms with Crippen LogP contribution in [-0.4, -0.2) is 45.5 Å². The molecule has 1 aliphatic heterocycles. The Morgan fingerprint density at radius 2 is 1.84 bits per heavy atom. The van der Waals surface area contributed by atoms with Crippen molar-refractivity contribution < 1.29 is 22.4 Å². The molecule has 3 heterocycles. The third kappa shape index (κ3) is 4.38. The zero-order valence-corrected chi connectivity index (χ0v) is 20.3. The second-order valence-electron chi connectivity index (χ2n) is 9.19. The molecule has 0 atom stereocenters. The van der Waals surface area contributed by atoms with Crippen molar-refractivity contribution >= 4 is 23.0 Å². The predicted octanol–water partition coefficient (Wildman–Crippen LogP) is 4.38. The number of aromatic amines is 1. The summed E-state index contributed by atoms with van der Waals surface area (Å²) in [5.41, 5.74) is -3.35. The van der Waals surface area contributed by atoms with Gasteiger partial charge < -0.3 is 15.2 Å². The van der Waals surface area contributed by atoms with Crippen LogP contribution in [0.4, 0.5) is 17.6 Å². The summed E-state index contributed by atoms with van der Waals surface area (Å²) in [7, 11) is 1.78. The standard InChI is InChI=1S/C25H20ClF4N5O2/c1-13-3-4-14(9-17(13)26)18-10-35-21(23(37)31-18)19(25(28,29)30)20(33-35)22(36)32-24(11-34(2)12-24)15-5-7-16(27)8-6-15/h3-10H,11-12H2,1-2H3,(H,31,37)(H,32,36). The first kappa shape index (κ1) is 25.0. The molecular weight excluding hydrogens is 514 g/mol. The number of alkyl halides is 3. The van der Waals surface area contributed by atoms with Gasteiger partial charge >= 0.3 is 6.18 Å². The number of rotatable bonds is 4. The first-order chi connectivity index (χ1) is 17.4. The number of amides is 1. The number of H-pyrrole nitrogens is 1. The summed E-state index contributed by atoms with van der Waals surface area (Å²) in [6.07, 6.45) is -3.84. The summed E-state index contributed by atoms with van der Waals surface area (Å²) in [6, 6.07) is 10.3. The Kier molecular flexibility index (Phi) is 5.87. The predicted molar refractivity (Wildman–Crippen MR) is 129 cm³/mol. The zero-order valence-electron chi connectivity index (χ0n) is 19.6. The average molecular weight is 534 g/mol. The number of halogens is 5. The van der Waals surface area contributed by atoms with Crippen molar-refractivity contribution in [1.29, 1.82) is 0 Å². The van der Waals surface area contributed by atoms with E-state index < -0.39 is 45.8 Å². The van der Waals surface area contributed by atoms with Gasteiger partial charge in [0.05, 0.1) is 17.4 Å². The molecule has 0 bridgehead atoms.